The molecule has 0 fully saturated rings. The molecule has 2 rings (SSSR count). The van der Waals surface area contributed by atoms with Crippen molar-refractivity contribution >= 4 is 5.82 Å². The highest BCUT2D eigenvalue weighted by molar-refractivity contribution is 5.60. The standard InChI is InChI=1S/C11H11N3/c1-8-7-9(5-6-13-8)10-3-2-4-11(12)14-10/h2-7H,1H3,(H2,12,14). The lowest BCUT2D eigenvalue weighted by Gasteiger charge is -2.01. The monoisotopic (exact) mass is 185 g/mol. The quantitative estimate of drug-likeness (QED) is 0.739. The van der Waals surface area contributed by atoms with Crippen LogP contribution < -0.4 is 5.73 Å². The van der Waals surface area contributed by atoms with Gasteiger partial charge in [-0.1, -0.05) is 6.07 Å². The van der Waals surface area contributed by atoms with E-state index in [-0.39, 0.29) is 0 Å². The number of nitrogens with two attached hydrogens (primary N) is 1. The van der Waals surface area contributed by atoms with E-state index in [0.29, 0.717) is 5.82 Å². The zero-order valence-corrected chi connectivity index (χ0v) is 7.94. The van der Waals surface area contributed by atoms with Gasteiger partial charge in [0.1, 0.15) is 5.82 Å². The third-order valence-corrected chi connectivity index (χ3v) is 1.96. The molecule has 2 heterocycles. The van der Waals surface area contributed by atoms with Gasteiger partial charge in [0, 0.05) is 17.5 Å². The Bertz CT molecular complexity index is 408. The van der Waals surface area contributed by atoms with Crippen LogP contribution in [0.25, 0.3) is 11.3 Å². The van der Waals surface area contributed by atoms with E-state index in [0.717, 1.165) is 17.0 Å². The van der Waals surface area contributed by atoms with Gasteiger partial charge in [-0.2, -0.15) is 0 Å². The van der Waals surface area contributed by atoms with Gasteiger partial charge >= 0.3 is 0 Å². The molecule has 0 bridgehead atoms. The minimum absolute atomic E-state index is 0.539. The molecule has 0 spiro atoms. The second-order valence-electron chi connectivity index (χ2n) is 3.13. The number of hydrogen-bond donors (Lipinski definition) is 1. The van der Waals surface area contributed by atoms with Crippen LogP contribution in [0.1, 0.15) is 5.69 Å². The van der Waals surface area contributed by atoms with Crippen molar-refractivity contribution in [1.82, 2.24) is 9.97 Å². The van der Waals surface area contributed by atoms with Gasteiger partial charge in [-0.15, -0.1) is 0 Å². The summed E-state index contributed by atoms with van der Waals surface area (Å²) >= 11 is 0. The van der Waals surface area contributed by atoms with Gasteiger partial charge < -0.3 is 5.73 Å². The molecule has 2 aromatic heterocycles. The summed E-state index contributed by atoms with van der Waals surface area (Å²) in [5, 5.41) is 0. The summed E-state index contributed by atoms with van der Waals surface area (Å²) in [5.41, 5.74) is 8.52. The number of nitrogens with zero attached hydrogens (tertiary/aromatic N) is 2. The fraction of sp³-hybridized carbons (Fsp3) is 0.0909. The molecule has 0 aliphatic rings. The van der Waals surface area contributed by atoms with Crippen molar-refractivity contribution < 1.29 is 0 Å². The van der Waals surface area contributed by atoms with Gasteiger partial charge in [0.25, 0.3) is 0 Å². The van der Waals surface area contributed by atoms with Crippen molar-refractivity contribution in [1.29, 1.82) is 0 Å². The molecule has 2 N–H and O–H groups in total. The van der Waals surface area contributed by atoms with Crippen LogP contribution in [0.4, 0.5) is 5.82 Å². The average molecular weight is 185 g/mol. The van der Waals surface area contributed by atoms with Crippen LogP contribution in [0.5, 0.6) is 0 Å². The second kappa shape index (κ2) is 3.46. The summed E-state index contributed by atoms with van der Waals surface area (Å²) in [6.07, 6.45) is 1.77. The van der Waals surface area contributed by atoms with Crippen molar-refractivity contribution in [2.45, 2.75) is 6.92 Å². The summed E-state index contributed by atoms with van der Waals surface area (Å²) < 4.78 is 0. The van der Waals surface area contributed by atoms with E-state index < -0.39 is 0 Å². The fourth-order valence-corrected chi connectivity index (χ4v) is 1.32. The number of hydrogen-bond acceptors (Lipinski definition) is 3. The predicted octanol–water partition coefficient (Wildman–Crippen LogP) is 2.03. The highest BCUT2D eigenvalue weighted by Crippen LogP contribution is 2.17. The number of aromatic nitrogens is 2. The summed E-state index contributed by atoms with van der Waals surface area (Å²) in [6.45, 7) is 1.95. The minimum atomic E-state index is 0.539. The first kappa shape index (κ1) is 8.69. The Labute approximate surface area is 82.6 Å². The normalized spacial score (nSPS) is 10.1. The Morgan fingerprint density at radius 3 is 2.79 bits per heavy atom. The molecular weight excluding hydrogens is 174 g/mol. The zero-order chi connectivity index (χ0) is 9.97. The average Bonchev–Trinajstić information content (AvgIpc) is 2.18. The summed E-state index contributed by atoms with van der Waals surface area (Å²) in [5.74, 6) is 0.539. The molecule has 0 amide bonds. The van der Waals surface area contributed by atoms with E-state index in [9.17, 15) is 0 Å². The molecule has 0 saturated heterocycles. The lowest BCUT2D eigenvalue weighted by Crippen LogP contribution is -1.92. The third-order valence-electron chi connectivity index (χ3n) is 1.96. The zero-order valence-electron chi connectivity index (χ0n) is 7.94. The maximum atomic E-state index is 5.61. The smallest absolute Gasteiger partial charge is 0.124 e. The molecule has 14 heavy (non-hydrogen) atoms. The molecule has 3 nitrogen and oxygen atoms in total. The van der Waals surface area contributed by atoms with E-state index in [1.165, 1.54) is 0 Å². The van der Waals surface area contributed by atoms with Gasteiger partial charge in [0.15, 0.2) is 0 Å². The van der Waals surface area contributed by atoms with Gasteiger partial charge in [0.2, 0.25) is 0 Å². The van der Waals surface area contributed by atoms with Gasteiger partial charge in [-0.25, -0.2) is 4.98 Å². The Balaban J connectivity index is 2.49. The van der Waals surface area contributed by atoms with Gasteiger partial charge in [-0.3, -0.25) is 4.98 Å². The van der Waals surface area contributed by atoms with Crippen LogP contribution in [-0.4, -0.2) is 9.97 Å². The topological polar surface area (TPSA) is 51.8 Å². The Morgan fingerprint density at radius 1 is 1.21 bits per heavy atom. The van der Waals surface area contributed by atoms with Crippen LogP contribution in [0.2, 0.25) is 0 Å². The van der Waals surface area contributed by atoms with Gasteiger partial charge in [0.05, 0.1) is 5.69 Å². The Hall–Kier alpha value is -1.90. The van der Waals surface area contributed by atoms with E-state index >= 15 is 0 Å². The third kappa shape index (κ3) is 1.71. The van der Waals surface area contributed by atoms with Crippen molar-refractivity contribution in [3.63, 3.8) is 0 Å². The van der Waals surface area contributed by atoms with E-state index in [4.69, 9.17) is 5.73 Å². The first-order chi connectivity index (χ1) is 6.75. The largest absolute Gasteiger partial charge is 0.384 e. The summed E-state index contributed by atoms with van der Waals surface area (Å²) in [6, 6.07) is 9.52. The molecule has 2 aromatic rings. The first-order valence-corrected chi connectivity index (χ1v) is 4.41. The first-order valence-electron chi connectivity index (χ1n) is 4.41. The van der Waals surface area contributed by atoms with Gasteiger partial charge in [-0.05, 0) is 31.2 Å². The van der Waals surface area contributed by atoms with E-state index in [1.54, 1.807) is 12.3 Å². The lowest BCUT2D eigenvalue weighted by atomic mass is 10.1. The van der Waals surface area contributed by atoms with E-state index in [2.05, 4.69) is 9.97 Å². The summed E-state index contributed by atoms with van der Waals surface area (Å²) in [7, 11) is 0. The van der Waals surface area contributed by atoms with Crippen LogP contribution >= 0.6 is 0 Å². The molecule has 0 radical (unpaired) electrons. The number of rotatable bonds is 1. The molecule has 3 heteroatoms. The van der Waals surface area contributed by atoms with Crippen molar-refractivity contribution in [2.24, 2.45) is 0 Å². The number of nitrogen functional groups attached to an aromatic ring is 1. The molecule has 0 aromatic carbocycles. The molecule has 0 unspecified atom stereocenters. The van der Waals surface area contributed by atoms with Crippen molar-refractivity contribution in [3.8, 4) is 11.3 Å². The molecule has 0 aliphatic carbocycles. The van der Waals surface area contributed by atoms with Crippen molar-refractivity contribution in [3.05, 3.63) is 42.2 Å². The number of anilines is 1. The van der Waals surface area contributed by atoms with Crippen LogP contribution in [-0.2, 0) is 0 Å². The Morgan fingerprint density at radius 2 is 2.07 bits per heavy atom. The van der Waals surface area contributed by atoms with Crippen LogP contribution in [0.15, 0.2) is 36.5 Å². The highest BCUT2D eigenvalue weighted by atomic mass is 14.8. The molecule has 70 valence electrons. The van der Waals surface area contributed by atoms with Crippen molar-refractivity contribution in [2.75, 3.05) is 5.73 Å². The Kier molecular flexibility index (Phi) is 2.14. The maximum absolute atomic E-state index is 5.61. The SMILES string of the molecule is Cc1cc(-c2cccc(N)n2)ccn1. The fourth-order valence-electron chi connectivity index (χ4n) is 1.32. The second-order valence-corrected chi connectivity index (χ2v) is 3.13. The maximum Gasteiger partial charge on any atom is 0.124 e. The molecule has 0 saturated carbocycles. The van der Waals surface area contributed by atoms with Crippen LogP contribution in [0, 0.1) is 6.92 Å². The highest BCUT2D eigenvalue weighted by Gasteiger charge is 1.99. The number of pyridine rings is 2. The minimum Gasteiger partial charge on any atom is -0.384 e. The van der Waals surface area contributed by atoms with E-state index in [1.807, 2.05) is 31.2 Å². The lowest BCUT2D eigenvalue weighted by molar-refractivity contribution is 1.19. The molecule has 0 aliphatic heterocycles. The molecule has 0 atom stereocenters. The van der Waals surface area contributed by atoms with Crippen LogP contribution in [0.3, 0.4) is 0 Å². The molecular formula is C11H11N3. The predicted molar refractivity (Wildman–Crippen MR) is 56.6 cm³/mol. The summed E-state index contributed by atoms with van der Waals surface area (Å²) in [4.78, 5) is 8.36. The number of aryl methyl sites for hydroxylation is 1.